The van der Waals surface area contributed by atoms with Gasteiger partial charge < -0.3 is 4.90 Å². The van der Waals surface area contributed by atoms with E-state index in [2.05, 4.69) is 11.0 Å². The highest BCUT2D eigenvalue weighted by atomic mass is 19.1. The summed E-state index contributed by atoms with van der Waals surface area (Å²) in [6, 6.07) is 12.7. The zero-order valence-corrected chi connectivity index (χ0v) is 11.4. The molecule has 1 heterocycles. The average molecular weight is 284 g/mol. The Morgan fingerprint density at radius 2 is 1.86 bits per heavy atom. The lowest BCUT2D eigenvalue weighted by atomic mass is 10.0. The molecule has 0 spiro atoms. The first-order valence-corrected chi connectivity index (χ1v) is 6.91. The van der Waals surface area contributed by atoms with Crippen LogP contribution in [0.3, 0.4) is 0 Å². The van der Waals surface area contributed by atoms with Crippen LogP contribution in [0.15, 0.2) is 42.5 Å². The van der Waals surface area contributed by atoms with Crippen molar-refractivity contribution < 1.29 is 8.78 Å². The largest absolute Gasteiger partial charge is 0.364 e. The summed E-state index contributed by atoms with van der Waals surface area (Å²) in [4.78, 5) is 2.07. The van der Waals surface area contributed by atoms with Gasteiger partial charge in [0.25, 0.3) is 0 Å². The molecule has 1 saturated heterocycles. The highest BCUT2D eigenvalue weighted by Crippen LogP contribution is 2.37. The molecule has 1 aliphatic heterocycles. The summed E-state index contributed by atoms with van der Waals surface area (Å²) in [6.45, 7) is 0.798. The first-order valence-electron chi connectivity index (χ1n) is 6.91. The van der Waals surface area contributed by atoms with Crippen LogP contribution >= 0.6 is 0 Å². The Morgan fingerprint density at radius 1 is 1.10 bits per heavy atom. The van der Waals surface area contributed by atoms with Gasteiger partial charge in [-0.05, 0) is 55.3 Å². The topological polar surface area (TPSA) is 27.0 Å². The SMILES string of the molecule is N#Cc1ccc(N2CCC[C@@H]2c2cc(F)ccc2F)cc1. The number of hydrogen-bond acceptors (Lipinski definition) is 2. The molecular weight excluding hydrogens is 270 g/mol. The summed E-state index contributed by atoms with van der Waals surface area (Å²) in [7, 11) is 0. The average Bonchev–Trinajstić information content (AvgIpc) is 2.99. The Kier molecular flexibility index (Phi) is 3.57. The molecule has 2 nitrogen and oxygen atoms in total. The van der Waals surface area contributed by atoms with E-state index in [-0.39, 0.29) is 11.9 Å². The third-order valence-electron chi connectivity index (χ3n) is 3.90. The lowest BCUT2D eigenvalue weighted by molar-refractivity contribution is 0.561. The smallest absolute Gasteiger partial charge is 0.128 e. The summed E-state index contributed by atoms with van der Waals surface area (Å²) in [6.07, 6.45) is 1.72. The Morgan fingerprint density at radius 3 is 2.57 bits per heavy atom. The highest BCUT2D eigenvalue weighted by molar-refractivity contribution is 5.52. The number of benzene rings is 2. The minimum Gasteiger partial charge on any atom is -0.364 e. The fourth-order valence-corrected chi connectivity index (χ4v) is 2.90. The van der Waals surface area contributed by atoms with Crippen LogP contribution in [-0.2, 0) is 0 Å². The molecule has 0 unspecified atom stereocenters. The van der Waals surface area contributed by atoms with Crippen LogP contribution in [0.25, 0.3) is 0 Å². The van der Waals surface area contributed by atoms with Crippen LogP contribution in [0.2, 0.25) is 0 Å². The number of halogens is 2. The third-order valence-corrected chi connectivity index (χ3v) is 3.90. The van der Waals surface area contributed by atoms with Gasteiger partial charge in [-0.15, -0.1) is 0 Å². The fraction of sp³-hybridized carbons (Fsp3) is 0.235. The molecule has 2 aromatic rings. The third kappa shape index (κ3) is 2.59. The number of nitrogens with zero attached hydrogens (tertiary/aromatic N) is 2. The van der Waals surface area contributed by atoms with Gasteiger partial charge in [0, 0.05) is 17.8 Å². The van der Waals surface area contributed by atoms with Gasteiger partial charge >= 0.3 is 0 Å². The second-order valence-electron chi connectivity index (χ2n) is 5.18. The second-order valence-corrected chi connectivity index (χ2v) is 5.18. The second kappa shape index (κ2) is 5.53. The van der Waals surface area contributed by atoms with E-state index in [1.165, 1.54) is 12.1 Å². The summed E-state index contributed by atoms with van der Waals surface area (Å²) in [5.74, 6) is -0.792. The van der Waals surface area contributed by atoms with Gasteiger partial charge in [-0.25, -0.2) is 8.78 Å². The van der Waals surface area contributed by atoms with Gasteiger partial charge in [-0.1, -0.05) is 0 Å². The van der Waals surface area contributed by atoms with Crippen LogP contribution in [0.1, 0.15) is 30.0 Å². The van der Waals surface area contributed by atoms with Crippen molar-refractivity contribution in [3.05, 3.63) is 65.2 Å². The van der Waals surface area contributed by atoms with Gasteiger partial charge in [-0.3, -0.25) is 0 Å². The Labute approximate surface area is 122 Å². The van der Waals surface area contributed by atoms with E-state index in [0.29, 0.717) is 11.1 Å². The molecule has 3 rings (SSSR count). The first kappa shape index (κ1) is 13.6. The van der Waals surface area contributed by atoms with Crippen LogP contribution in [-0.4, -0.2) is 6.54 Å². The molecule has 0 aromatic heterocycles. The van der Waals surface area contributed by atoms with Crippen LogP contribution in [0.5, 0.6) is 0 Å². The number of rotatable bonds is 2. The lowest BCUT2D eigenvalue weighted by Gasteiger charge is -2.27. The zero-order chi connectivity index (χ0) is 14.8. The van der Waals surface area contributed by atoms with Crippen LogP contribution < -0.4 is 4.90 Å². The molecule has 21 heavy (non-hydrogen) atoms. The molecule has 0 bridgehead atoms. The summed E-state index contributed by atoms with van der Waals surface area (Å²) in [5, 5.41) is 8.84. The standard InChI is InChI=1S/C17H14F2N2/c18-13-5-8-16(19)15(10-13)17-2-1-9-21(17)14-6-3-12(11-20)4-7-14/h3-8,10,17H,1-2,9H2/t17-/m1/s1. The summed E-state index contributed by atoms with van der Waals surface area (Å²) in [5.41, 5.74) is 1.92. The number of anilines is 1. The van der Waals surface area contributed by atoms with Gasteiger partial charge in [0.05, 0.1) is 17.7 Å². The Hall–Kier alpha value is -2.41. The minimum atomic E-state index is -0.418. The Bertz CT molecular complexity index is 689. The van der Waals surface area contributed by atoms with E-state index in [4.69, 9.17) is 5.26 Å². The minimum absolute atomic E-state index is 0.159. The normalized spacial score (nSPS) is 17.8. The molecule has 106 valence electrons. The summed E-state index contributed by atoms with van der Waals surface area (Å²) < 4.78 is 27.4. The van der Waals surface area contributed by atoms with Crippen molar-refractivity contribution in [2.45, 2.75) is 18.9 Å². The van der Waals surface area contributed by atoms with Crippen molar-refractivity contribution in [2.24, 2.45) is 0 Å². The molecule has 1 atom stereocenters. The van der Waals surface area contributed by atoms with Crippen molar-refractivity contribution in [1.29, 1.82) is 5.26 Å². The van der Waals surface area contributed by atoms with Gasteiger partial charge in [0.2, 0.25) is 0 Å². The van der Waals surface area contributed by atoms with Crippen LogP contribution in [0, 0.1) is 23.0 Å². The van der Waals surface area contributed by atoms with E-state index in [1.54, 1.807) is 12.1 Å². The monoisotopic (exact) mass is 284 g/mol. The molecular formula is C17H14F2N2. The van der Waals surface area contributed by atoms with Crippen molar-refractivity contribution in [3.63, 3.8) is 0 Å². The molecule has 2 aromatic carbocycles. The van der Waals surface area contributed by atoms with Gasteiger partial charge in [0.15, 0.2) is 0 Å². The maximum Gasteiger partial charge on any atom is 0.128 e. The highest BCUT2D eigenvalue weighted by Gasteiger charge is 2.28. The van der Waals surface area contributed by atoms with Crippen molar-refractivity contribution in [1.82, 2.24) is 0 Å². The number of nitriles is 1. The van der Waals surface area contributed by atoms with Crippen molar-refractivity contribution in [2.75, 3.05) is 11.4 Å². The quantitative estimate of drug-likeness (QED) is 0.827. The molecule has 0 radical (unpaired) electrons. The fourth-order valence-electron chi connectivity index (χ4n) is 2.90. The zero-order valence-electron chi connectivity index (χ0n) is 11.4. The molecule has 1 aliphatic rings. The molecule has 0 saturated carbocycles. The van der Waals surface area contributed by atoms with E-state index < -0.39 is 5.82 Å². The van der Waals surface area contributed by atoms with Crippen LogP contribution in [0.4, 0.5) is 14.5 Å². The van der Waals surface area contributed by atoms with Crippen molar-refractivity contribution >= 4 is 5.69 Å². The lowest BCUT2D eigenvalue weighted by Crippen LogP contribution is -2.23. The maximum atomic E-state index is 14.0. The number of hydrogen-bond donors (Lipinski definition) is 0. The molecule has 4 heteroatoms. The predicted molar refractivity (Wildman–Crippen MR) is 76.8 cm³/mol. The first-order chi connectivity index (χ1) is 10.2. The maximum absolute atomic E-state index is 14.0. The van der Waals surface area contributed by atoms with Crippen molar-refractivity contribution in [3.8, 4) is 6.07 Å². The molecule has 0 aliphatic carbocycles. The predicted octanol–water partition coefficient (Wildman–Crippen LogP) is 4.18. The van der Waals surface area contributed by atoms with Gasteiger partial charge in [-0.2, -0.15) is 5.26 Å². The van der Waals surface area contributed by atoms with E-state index in [0.717, 1.165) is 31.1 Å². The summed E-state index contributed by atoms with van der Waals surface area (Å²) >= 11 is 0. The van der Waals surface area contributed by atoms with E-state index >= 15 is 0 Å². The molecule has 1 fully saturated rings. The molecule has 0 amide bonds. The Balaban J connectivity index is 1.95. The van der Waals surface area contributed by atoms with Gasteiger partial charge in [0.1, 0.15) is 11.6 Å². The van der Waals surface area contributed by atoms with E-state index in [1.807, 2.05) is 12.1 Å². The molecule has 0 N–H and O–H groups in total. The van der Waals surface area contributed by atoms with E-state index in [9.17, 15) is 8.78 Å².